The van der Waals surface area contributed by atoms with Gasteiger partial charge in [-0.15, -0.1) is 0 Å². The van der Waals surface area contributed by atoms with Crippen molar-refractivity contribution in [3.05, 3.63) is 0 Å². The van der Waals surface area contributed by atoms with Crippen LogP contribution in [0.4, 0.5) is 4.79 Å². The molecule has 3 N–H and O–H groups in total. The van der Waals surface area contributed by atoms with Crippen molar-refractivity contribution in [3.8, 4) is 0 Å². The van der Waals surface area contributed by atoms with E-state index in [9.17, 15) is 9.90 Å². The Morgan fingerprint density at radius 2 is 2.00 bits per heavy atom. The molecule has 0 aromatic carbocycles. The molecule has 5 heteroatoms. The number of carbonyl (C=O) groups excluding carboxylic acids is 1. The molecule has 2 aliphatic carbocycles. The molecular formula is C15H28N2O3. The summed E-state index contributed by atoms with van der Waals surface area (Å²) in [5, 5.41) is 15.8. The first kappa shape index (κ1) is 15.6. The number of aliphatic hydroxyl groups excluding tert-OH is 1. The van der Waals surface area contributed by atoms with Gasteiger partial charge in [-0.3, -0.25) is 0 Å². The maximum absolute atomic E-state index is 11.7. The molecule has 2 unspecified atom stereocenters. The summed E-state index contributed by atoms with van der Waals surface area (Å²) in [5.74, 6) is 0.472. The van der Waals surface area contributed by atoms with Crippen molar-refractivity contribution < 1.29 is 14.6 Å². The van der Waals surface area contributed by atoms with Gasteiger partial charge in [0.2, 0.25) is 0 Å². The second kappa shape index (κ2) is 6.31. The number of nitrogens with one attached hydrogen (secondary N) is 2. The van der Waals surface area contributed by atoms with Crippen molar-refractivity contribution in [1.29, 1.82) is 0 Å². The third-order valence-corrected chi connectivity index (χ3v) is 4.13. The predicted octanol–water partition coefficient (Wildman–Crippen LogP) is 1.79. The second-order valence-corrected chi connectivity index (χ2v) is 7.17. The van der Waals surface area contributed by atoms with Gasteiger partial charge in [0.15, 0.2) is 0 Å². The molecule has 0 aromatic heterocycles. The number of amides is 1. The van der Waals surface area contributed by atoms with Crippen LogP contribution in [-0.4, -0.2) is 41.5 Å². The van der Waals surface area contributed by atoms with Gasteiger partial charge in [-0.25, -0.2) is 4.79 Å². The quantitative estimate of drug-likeness (QED) is 0.736. The van der Waals surface area contributed by atoms with Crippen LogP contribution in [0.2, 0.25) is 0 Å². The Balaban J connectivity index is 1.70. The van der Waals surface area contributed by atoms with Crippen LogP contribution >= 0.6 is 0 Å². The van der Waals surface area contributed by atoms with E-state index in [2.05, 4.69) is 10.6 Å². The Morgan fingerprint density at radius 3 is 2.60 bits per heavy atom. The fraction of sp³-hybridized carbons (Fsp3) is 0.933. The fourth-order valence-corrected chi connectivity index (χ4v) is 3.06. The van der Waals surface area contributed by atoms with Crippen LogP contribution in [0.5, 0.6) is 0 Å². The van der Waals surface area contributed by atoms with Crippen LogP contribution in [0, 0.1) is 5.92 Å². The summed E-state index contributed by atoms with van der Waals surface area (Å²) in [5.41, 5.74) is -0.445. The van der Waals surface area contributed by atoms with Crippen molar-refractivity contribution >= 4 is 6.09 Å². The fourth-order valence-electron chi connectivity index (χ4n) is 3.06. The van der Waals surface area contributed by atoms with Gasteiger partial charge in [-0.1, -0.05) is 6.42 Å². The van der Waals surface area contributed by atoms with Crippen LogP contribution in [-0.2, 0) is 4.74 Å². The molecule has 2 atom stereocenters. The molecule has 2 fully saturated rings. The maximum atomic E-state index is 11.7. The first-order valence-corrected chi connectivity index (χ1v) is 7.74. The standard InChI is InChI=1S/C15H28N2O3/c1-15(2,3)20-14(19)16-9-10-5-4-6-13(10)17-11-7-12(18)8-11/h10-13,17-18H,4-9H2,1-3H3,(H,16,19). The second-order valence-electron chi connectivity index (χ2n) is 7.17. The number of ether oxygens (including phenoxy) is 1. The molecule has 5 nitrogen and oxygen atoms in total. The van der Waals surface area contributed by atoms with E-state index in [0.717, 1.165) is 25.7 Å². The van der Waals surface area contributed by atoms with E-state index in [0.29, 0.717) is 24.5 Å². The first-order valence-electron chi connectivity index (χ1n) is 7.74. The summed E-state index contributed by atoms with van der Waals surface area (Å²) >= 11 is 0. The van der Waals surface area contributed by atoms with E-state index in [1.807, 2.05) is 20.8 Å². The van der Waals surface area contributed by atoms with Crippen molar-refractivity contribution in [3.63, 3.8) is 0 Å². The molecule has 1 amide bonds. The Hall–Kier alpha value is -0.810. The zero-order valence-corrected chi connectivity index (χ0v) is 12.8. The molecule has 2 aliphatic rings. The van der Waals surface area contributed by atoms with Crippen molar-refractivity contribution in [1.82, 2.24) is 10.6 Å². The maximum Gasteiger partial charge on any atom is 0.407 e. The SMILES string of the molecule is CC(C)(C)OC(=O)NCC1CCCC1NC1CC(O)C1. The van der Waals surface area contributed by atoms with Crippen LogP contribution < -0.4 is 10.6 Å². The third kappa shape index (κ3) is 4.63. The first-order chi connectivity index (χ1) is 9.33. The minimum Gasteiger partial charge on any atom is -0.444 e. The van der Waals surface area contributed by atoms with Gasteiger partial charge in [-0.2, -0.15) is 0 Å². The monoisotopic (exact) mass is 284 g/mol. The normalized spacial score (nSPS) is 33.6. The average Bonchev–Trinajstić information content (AvgIpc) is 2.69. The Kier molecular flexibility index (Phi) is 4.91. The van der Waals surface area contributed by atoms with E-state index < -0.39 is 5.60 Å². The van der Waals surface area contributed by atoms with Gasteiger partial charge < -0.3 is 20.5 Å². The van der Waals surface area contributed by atoms with Crippen LogP contribution in [0.1, 0.15) is 52.9 Å². The van der Waals surface area contributed by atoms with Crippen molar-refractivity contribution in [2.45, 2.75) is 76.7 Å². The topological polar surface area (TPSA) is 70.6 Å². The van der Waals surface area contributed by atoms with Crippen LogP contribution in [0.25, 0.3) is 0 Å². The molecule has 0 radical (unpaired) electrons. The minimum atomic E-state index is -0.445. The summed E-state index contributed by atoms with van der Waals surface area (Å²) in [4.78, 5) is 11.7. The molecule has 0 aliphatic heterocycles. The molecule has 0 saturated heterocycles. The molecule has 0 heterocycles. The van der Waals surface area contributed by atoms with E-state index in [1.165, 1.54) is 6.42 Å². The molecular weight excluding hydrogens is 256 g/mol. The lowest BCUT2D eigenvalue weighted by atomic mass is 9.88. The zero-order valence-electron chi connectivity index (χ0n) is 12.8. The van der Waals surface area contributed by atoms with Crippen LogP contribution in [0.3, 0.4) is 0 Å². The summed E-state index contributed by atoms with van der Waals surface area (Å²) in [6.45, 7) is 6.28. The summed E-state index contributed by atoms with van der Waals surface area (Å²) in [7, 11) is 0. The molecule has 2 rings (SSSR count). The lowest BCUT2D eigenvalue weighted by molar-refractivity contribution is 0.0498. The lowest BCUT2D eigenvalue weighted by Crippen LogP contribution is -2.51. The molecule has 116 valence electrons. The molecule has 0 bridgehead atoms. The van der Waals surface area contributed by atoms with E-state index in [-0.39, 0.29) is 12.2 Å². The highest BCUT2D eigenvalue weighted by atomic mass is 16.6. The zero-order chi connectivity index (χ0) is 14.8. The number of aliphatic hydroxyl groups is 1. The lowest BCUT2D eigenvalue weighted by Gasteiger charge is -2.36. The number of hydrogen-bond acceptors (Lipinski definition) is 4. The van der Waals surface area contributed by atoms with E-state index >= 15 is 0 Å². The van der Waals surface area contributed by atoms with Gasteiger partial charge in [0.25, 0.3) is 0 Å². The highest BCUT2D eigenvalue weighted by molar-refractivity contribution is 5.67. The predicted molar refractivity (Wildman–Crippen MR) is 77.5 cm³/mol. The smallest absolute Gasteiger partial charge is 0.407 e. The number of hydrogen-bond donors (Lipinski definition) is 3. The van der Waals surface area contributed by atoms with Crippen LogP contribution in [0.15, 0.2) is 0 Å². The summed E-state index contributed by atoms with van der Waals surface area (Å²) in [6.07, 6.45) is 4.78. The highest BCUT2D eigenvalue weighted by Crippen LogP contribution is 2.28. The van der Waals surface area contributed by atoms with Crippen molar-refractivity contribution in [2.24, 2.45) is 5.92 Å². The highest BCUT2D eigenvalue weighted by Gasteiger charge is 2.34. The Labute approximate surface area is 121 Å². The molecule has 0 aromatic rings. The van der Waals surface area contributed by atoms with E-state index in [1.54, 1.807) is 0 Å². The van der Waals surface area contributed by atoms with Crippen molar-refractivity contribution in [2.75, 3.05) is 6.54 Å². The molecule has 0 spiro atoms. The summed E-state index contributed by atoms with van der Waals surface area (Å²) in [6, 6.07) is 0.916. The minimum absolute atomic E-state index is 0.118. The summed E-state index contributed by atoms with van der Waals surface area (Å²) < 4.78 is 5.26. The number of rotatable bonds is 4. The van der Waals surface area contributed by atoms with Gasteiger partial charge in [0.1, 0.15) is 5.60 Å². The molecule has 2 saturated carbocycles. The third-order valence-electron chi connectivity index (χ3n) is 4.13. The molecule has 20 heavy (non-hydrogen) atoms. The Morgan fingerprint density at radius 1 is 1.30 bits per heavy atom. The Bertz CT molecular complexity index is 335. The van der Waals surface area contributed by atoms with E-state index in [4.69, 9.17) is 4.74 Å². The number of carbonyl (C=O) groups is 1. The largest absolute Gasteiger partial charge is 0.444 e. The van der Waals surface area contributed by atoms with Gasteiger partial charge in [0, 0.05) is 18.6 Å². The van der Waals surface area contributed by atoms with Gasteiger partial charge >= 0.3 is 6.09 Å². The van der Waals surface area contributed by atoms with Gasteiger partial charge in [-0.05, 0) is 52.4 Å². The average molecular weight is 284 g/mol. The van der Waals surface area contributed by atoms with Gasteiger partial charge in [0.05, 0.1) is 6.10 Å². The number of alkyl carbamates (subject to hydrolysis) is 1.